The zero-order chi connectivity index (χ0) is 18.2. The monoisotopic (exact) mass is 354 g/mol. The fraction of sp³-hybridized carbons (Fsp3) is 0.905. The highest BCUT2D eigenvalue weighted by Crippen LogP contribution is 2.40. The fourth-order valence-corrected chi connectivity index (χ4v) is 4.60. The molecule has 0 aliphatic heterocycles. The standard InChI is InChI=1S/C21H38O4/c1-2-15-12-16(13-15)19(23)10-9-18-17(20(24)14-21(18)25)8-6-4-3-5-7-11-22/h9-10,15-25H,2-8,11-14H2,1H3/b10-9+/t15?,16?,17-,18-,19-,20+,21-/m1/s1. The summed E-state index contributed by atoms with van der Waals surface area (Å²) < 4.78 is 0. The molecule has 0 aromatic carbocycles. The Kier molecular flexibility index (Phi) is 8.91. The van der Waals surface area contributed by atoms with E-state index >= 15 is 0 Å². The van der Waals surface area contributed by atoms with Crippen LogP contribution in [-0.2, 0) is 0 Å². The van der Waals surface area contributed by atoms with Crippen molar-refractivity contribution < 1.29 is 20.4 Å². The van der Waals surface area contributed by atoms with Gasteiger partial charge in [0.1, 0.15) is 0 Å². The molecule has 25 heavy (non-hydrogen) atoms. The van der Waals surface area contributed by atoms with Crippen molar-refractivity contribution in [2.75, 3.05) is 6.61 Å². The van der Waals surface area contributed by atoms with Gasteiger partial charge in [-0.05, 0) is 43.4 Å². The quantitative estimate of drug-likeness (QED) is 0.340. The van der Waals surface area contributed by atoms with Gasteiger partial charge in [-0.1, -0.05) is 51.2 Å². The van der Waals surface area contributed by atoms with Crippen LogP contribution in [0.3, 0.4) is 0 Å². The van der Waals surface area contributed by atoms with Crippen molar-refractivity contribution in [2.24, 2.45) is 23.7 Å². The molecular weight excluding hydrogens is 316 g/mol. The Morgan fingerprint density at radius 3 is 2.32 bits per heavy atom. The Labute approximate surface area is 153 Å². The number of aliphatic hydroxyl groups excluding tert-OH is 4. The van der Waals surface area contributed by atoms with Gasteiger partial charge in [-0.2, -0.15) is 0 Å². The molecule has 5 atom stereocenters. The Morgan fingerprint density at radius 2 is 1.64 bits per heavy atom. The molecule has 0 saturated heterocycles. The maximum absolute atomic E-state index is 10.3. The van der Waals surface area contributed by atoms with Crippen LogP contribution in [0.15, 0.2) is 12.2 Å². The van der Waals surface area contributed by atoms with Crippen LogP contribution in [0.5, 0.6) is 0 Å². The molecule has 0 unspecified atom stereocenters. The molecule has 4 N–H and O–H groups in total. The second-order valence-corrected chi connectivity index (χ2v) is 8.27. The molecule has 0 aromatic heterocycles. The molecule has 0 amide bonds. The molecule has 2 rings (SSSR count). The number of rotatable bonds is 11. The van der Waals surface area contributed by atoms with E-state index in [1.807, 2.05) is 12.2 Å². The van der Waals surface area contributed by atoms with Gasteiger partial charge in [0.25, 0.3) is 0 Å². The third-order valence-corrected chi connectivity index (χ3v) is 6.47. The van der Waals surface area contributed by atoms with E-state index in [9.17, 15) is 15.3 Å². The first-order valence-electron chi connectivity index (χ1n) is 10.4. The second-order valence-electron chi connectivity index (χ2n) is 8.27. The van der Waals surface area contributed by atoms with Crippen molar-refractivity contribution in [3.63, 3.8) is 0 Å². The van der Waals surface area contributed by atoms with Gasteiger partial charge in [-0.3, -0.25) is 0 Å². The van der Waals surface area contributed by atoms with Gasteiger partial charge in [0.2, 0.25) is 0 Å². The van der Waals surface area contributed by atoms with Gasteiger partial charge < -0.3 is 20.4 Å². The summed E-state index contributed by atoms with van der Waals surface area (Å²) >= 11 is 0. The van der Waals surface area contributed by atoms with Crippen LogP contribution >= 0.6 is 0 Å². The molecule has 0 bridgehead atoms. The molecule has 4 nitrogen and oxygen atoms in total. The predicted molar refractivity (Wildman–Crippen MR) is 100 cm³/mol. The van der Waals surface area contributed by atoms with Crippen molar-refractivity contribution in [3.05, 3.63) is 12.2 Å². The lowest BCUT2D eigenvalue weighted by atomic mass is 9.70. The minimum atomic E-state index is -0.498. The van der Waals surface area contributed by atoms with Crippen LogP contribution in [0, 0.1) is 23.7 Å². The molecule has 2 saturated carbocycles. The van der Waals surface area contributed by atoms with Crippen molar-refractivity contribution in [3.8, 4) is 0 Å². The van der Waals surface area contributed by atoms with Crippen LogP contribution in [-0.4, -0.2) is 45.3 Å². The molecule has 0 spiro atoms. The van der Waals surface area contributed by atoms with Gasteiger partial charge in [-0.25, -0.2) is 0 Å². The summed E-state index contributed by atoms with van der Waals surface area (Å²) in [6.07, 6.45) is 12.5. The normalized spacial score (nSPS) is 36.7. The van der Waals surface area contributed by atoms with Crippen molar-refractivity contribution in [1.82, 2.24) is 0 Å². The van der Waals surface area contributed by atoms with Gasteiger partial charge in [0.05, 0.1) is 18.3 Å². The van der Waals surface area contributed by atoms with Gasteiger partial charge in [0, 0.05) is 18.9 Å². The predicted octanol–water partition coefficient (Wildman–Crippen LogP) is 3.03. The number of unbranched alkanes of at least 4 members (excludes halogenated alkanes) is 4. The molecule has 2 fully saturated rings. The maximum Gasteiger partial charge on any atom is 0.0749 e. The molecule has 0 heterocycles. The minimum absolute atomic E-state index is 0.0378. The molecule has 146 valence electrons. The highest BCUT2D eigenvalue weighted by molar-refractivity contribution is 5.06. The molecule has 0 aromatic rings. The van der Waals surface area contributed by atoms with E-state index < -0.39 is 18.3 Å². The average Bonchev–Trinajstić information content (AvgIpc) is 2.81. The SMILES string of the molecule is CCC1CC([C@H](O)/C=C/[C@@H]2[C@@H](CCCCCCCO)[C@@H](O)C[C@H]2O)C1. The smallest absolute Gasteiger partial charge is 0.0749 e. The topological polar surface area (TPSA) is 80.9 Å². The summed E-state index contributed by atoms with van der Waals surface area (Å²) in [6.45, 7) is 2.47. The summed E-state index contributed by atoms with van der Waals surface area (Å²) in [5.74, 6) is 1.20. The van der Waals surface area contributed by atoms with Gasteiger partial charge in [-0.15, -0.1) is 0 Å². The van der Waals surface area contributed by atoms with Crippen LogP contribution in [0.25, 0.3) is 0 Å². The fourth-order valence-electron chi connectivity index (χ4n) is 4.60. The van der Waals surface area contributed by atoms with Crippen molar-refractivity contribution >= 4 is 0 Å². The highest BCUT2D eigenvalue weighted by Gasteiger charge is 2.40. The van der Waals surface area contributed by atoms with Gasteiger partial charge in [0.15, 0.2) is 0 Å². The highest BCUT2D eigenvalue weighted by atomic mass is 16.3. The number of aliphatic hydroxyl groups is 4. The second kappa shape index (κ2) is 10.7. The molecule has 4 heteroatoms. The first-order valence-corrected chi connectivity index (χ1v) is 10.4. The van der Waals surface area contributed by atoms with Crippen molar-refractivity contribution in [1.29, 1.82) is 0 Å². The Hall–Kier alpha value is -0.420. The lowest BCUT2D eigenvalue weighted by Gasteiger charge is -2.37. The maximum atomic E-state index is 10.3. The third-order valence-electron chi connectivity index (χ3n) is 6.47. The largest absolute Gasteiger partial charge is 0.396 e. The van der Waals surface area contributed by atoms with E-state index in [2.05, 4.69) is 6.92 Å². The van der Waals surface area contributed by atoms with Crippen molar-refractivity contribution in [2.45, 2.75) is 89.4 Å². The van der Waals surface area contributed by atoms with Crippen LogP contribution in [0.1, 0.15) is 71.1 Å². The summed E-state index contributed by atoms with van der Waals surface area (Å²) in [7, 11) is 0. The van der Waals surface area contributed by atoms with Crippen LogP contribution in [0.2, 0.25) is 0 Å². The summed E-state index contributed by atoms with van der Waals surface area (Å²) in [5, 5.41) is 39.7. The molecule has 2 aliphatic rings. The van der Waals surface area contributed by atoms with Crippen LogP contribution < -0.4 is 0 Å². The lowest BCUT2D eigenvalue weighted by molar-refractivity contribution is 0.0558. The number of hydrogen-bond acceptors (Lipinski definition) is 4. The van der Waals surface area contributed by atoms with E-state index in [-0.39, 0.29) is 18.4 Å². The Balaban J connectivity index is 1.77. The average molecular weight is 355 g/mol. The first kappa shape index (κ1) is 20.9. The Morgan fingerprint density at radius 1 is 0.960 bits per heavy atom. The zero-order valence-electron chi connectivity index (χ0n) is 15.8. The first-order chi connectivity index (χ1) is 12.1. The Bertz CT molecular complexity index is 391. The lowest BCUT2D eigenvalue weighted by Crippen LogP contribution is -2.32. The summed E-state index contributed by atoms with van der Waals surface area (Å²) in [4.78, 5) is 0. The van der Waals surface area contributed by atoms with E-state index in [0.29, 0.717) is 12.3 Å². The number of hydrogen-bond donors (Lipinski definition) is 4. The van der Waals surface area contributed by atoms with E-state index in [1.54, 1.807) is 0 Å². The summed E-state index contributed by atoms with van der Waals surface area (Å²) in [6, 6.07) is 0. The summed E-state index contributed by atoms with van der Waals surface area (Å²) in [5.41, 5.74) is 0. The molecule has 0 radical (unpaired) electrons. The zero-order valence-corrected chi connectivity index (χ0v) is 15.8. The van der Waals surface area contributed by atoms with E-state index in [4.69, 9.17) is 5.11 Å². The third kappa shape index (κ3) is 6.06. The molecular formula is C21H38O4. The van der Waals surface area contributed by atoms with Crippen LogP contribution in [0.4, 0.5) is 0 Å². The van der Waals surface area contributed by atoms with E-state index in [1.165, 1.54) is 6.42 Å². The van der Waals surface area contributed by atoms with E-state index in [0.717, 1.165) is 57.3 Å². The molecule has 2 aliphatic carbocycles. The van der Waals surface area contributed by atoms with Gasteiger partial charge >= 0.3 is 0 Å². The minimum Gasteiger partial charge on any atom is -0.396 e.